The molecule has 0 unspecified atom stereocenters. The summed E-state index contributed by atoms with van der Waals surface area (Å²) in [5.74, 6) is 0.913. The van der Waals surface area contributed by atoms with Gasteiger partial charge in [-0.3, -0.25) is 15.4 Å². The van der Waals surface area contributed by atoms with Crippen molar-refractivity contribution in [3.63, 3.8) is 0 Å². The number of aliphatic imine (C=N–C) groups is 1. The van der Waals surface area contributed by atoms with E-state index in [9.17, 15) is 14.9 Å². The van der Waals surface area contributed by atoms with Gasteiger partial charge < -0.3 is 4.74 Å². The maximum Gasteiger partial charge on any atom is 0.412 e. The first-order valence-electron chi connectivity index (χ1n) is 6.40. The molecular formula is C13H17N3O4S2. The molecule has 1 N–H and O–H groups in total. The largest absolute Gasteiger partial charge is 0.453 e. The average Bonchev–Trinajstić information content (AvgIpc) is 2.51. The van der Waals surface area contributed by atoms with Crippen LogP contribution in [0.5, 0.6) is 0 Å². The number of hydrogen-bond acceptors (Lipinski definition) is 7. The first-order chi connectivity index (χ1) is 10.5. The fourth-order valence-electron chi connectivity index (χ4n) is 1.43. The maximum absolute atomic E-state index is 11.2. The molecule has 0 bridgehead atoms. The highest BCUT2D eigenvalue weighted by Gasteiger charge is 2.15. The number of benzene rings is 1. The Hall–Kier alpha value is -1.74. The van der Waals surface area contributed by atoms with Crippen molar-refractivity contribution in [2.75, 3.05) is 19.1 Å². The van der Waals surface area contributed by atoms with Crippen molar-refractivity contribution in [3.8, 4) is 0 Å². The third-order valence-corrected chi connectivity index (χ3v) is 4.21. The third-order valence-electron chi connectivity index (χ3n) is 2.43. The number of carbonyl (C=O) groups is 1. The lowest BCUT2D eigenvalue weighted by atomic mass is 10.3. The minimum Gasteiger partial charge on any atom is -0.453 e. The summed E-state index contributed by atoms with van der Waals surface area (Å²) in [6, 6.07) is 4.77. The molecule has 0 radical (unpaired) electrons. The highest BCUT2D eigenvalue weighted by molar-refractivity contribution is 8.13. The Bertz CT molecular complexity index is 578. The molecule has 0 saturated heterocycles. The van der Waals surface area contributed by atoms with Crippen LogP contribution in [0, 0.1) is 10.1 Å². The van der Waals surface area contributed by atoms with E-state index in [1.807, 2.05) is 0 Å². The van der Waals surface area contributed by atoms with Gasteiger partial charge >= 0.3 is 6.09 Å². The van der Waals surface area contributed by atoms with E-state index in [0.717, 1.165) is 28.8 Å². The zero-order valence-electron chi connectivity index (χ0n) is 12.5. The fourth-order valence-corrected chi connectivity index (χ4v) is 2.60. The van der Waals surface area contributed by atoms with Crippen LogP contribution >= 0.6 is 23.5 Å². The number of nitrogens with zero attached hydrogens (tertiary/aromatic N) is 2. The van der Waals surface area contributed by atoms with Crippen LogP contribution in [0.2, 0.25) is 0 Å². The second-order valence-corrected chi connectivity index (χ2v) is 5.96. The molecule has 0 aliphatic carbocycles. The van der Waals surface area contributed by atoms with Gasteiger partial charge in [-0.25, -0.2) is 9.79 Å². The molecule has 0 atom stereocenters. The van der Waals surface area contributed by atoms with E-state index in [2.05, 4.69) is 22.0 Å². The topological polar surface area (TPSA) is 93.8 Å². The molecule has 0 aliphatic heterocycles. The first kappa shape index (κ1) is 18.3. The van der Waals surface area contributed by atoms with Crippen molar-refractivity contribution in [3.05, 3.63) is 28.3 Å². The second-order valence-electron chi connectivity index (χ2n) is 3.99. The van der Waals surface area contributed by atoms with Gasteiger partial charge in [0, 0.05) is 11.0 Å². The smallest absolute Gasteiger partial charge is 0.412 e. The normalized spacial score (nSPS) is 11.1. The number of carbonyl (C=O) groups excluding carboxylic acids is 1. The predicted molar refractivity (Wildman–Crippen MR) is 90.3 cm³/mol. The molecule has 1 rings (SSSR count). The number of nitro groups is 1. The zero-order valence-corrected chi connectivity index (χ0v) is 14.1. The first-order valence-corrected chi connectivity index (χ1v) is 8.61. The summed E-state index contributed by atoms with van der Waals surface area (Å²) in [5, 5.41) is 13.8. The highest BCUT2D eigenvalue weighted by Crippen LogP contribution is 2.33. The predicted octanol–water partition coefficient (Wildman–Crippen LogP) is 3.80. The monoisotopic (exact) mass is 343 g/mol. The lowest BCUT2D eigenvalue weighted by Gasteiger charge is -2.06. The number of amides is 1. The number of nitro benzene ring substituents is 1. The quantitative estimate of drug-likeness (QED) is 0.287. The summed E-state index contributed by atoms with van der Waals surface area (Å²) in [6.07, 6.45) is 2.03. The average molecular weight is 343 g/mol. The second kappa shape index (κ2) is 9.31. The van der Waals surface area contributed by atoms with Gasteiger partial charge in [-0.15, -0.1) is 11.8 Å². The van der Waals surface area contributed by atoms with Crippen molar-refractivity contribution >= 4 is 46.2 Å². The lowest BCUT2D eigenvalue weighted by Crippen LogP contribution is -2.27. The van der Waals surface area contributed by atoms with Gasteiger partial charge in [0.05, 0.1) is 12.0 Å². The molecule has 0 saturated carbocycles. The molecule has 0 aromatic heterocycles. The van der Waals surface area contributed by atoms with Gasteiger partial charge in [-0.1, -0.05) is 18.7 Å². The number of thioether (sulfide) groups is 2. The molecule has 0 heterocycles. The Balaban J connectivity index is 3.16. The van der Waals surface area contributed by atoms with Crippen molar-refractivity contribution in [2.24, 2.45) is 4.99 Å². The molecule has 0 spiro atoms. The number of nitrogens with one attached hydrogen (secondary N) is 1. The van der Waals surface area contributed by atoms with E-state index in [0.29, 0.717) is 0 Å². The molecule has 120 valence electrons. The number of amidine groups is 1. The van der Waals surface area contributed by atoms with Crippen LogP contribution in [0.15, 0.2) is 28.1 Å². The van der Waals surface area contributed by atoms with E-state index in [4.69, 9.17) is 0 Å². The van der Waals surface area contributed by atoms with Crippen LogP contribution in [0.4, 0.5) is 16.2 Å². The van der Waals surface area contributed by atoms with Crippen LogP contribution in [0.25, 0.3) is 0 Å². The Morgan fingerprint density at radius 2 is 2.23 bits per heavy atom. The Kier molecular flexibility index (Phi) is 7.75. The Labute approximate surface area is 137 Å². The zero-order chi connectivity index (χ0) is 16.5. The molecule has 22 heavy (non-hydrogen) atoms. The van der Waals surface area contributed by atoms with Crippen LogP contribution in [-0.2, 0) is 4.74 Å². The summed E-state index contributed by atoms with van der Waals surface area (Å²) in [7, 11) is 1.23. The molecular weight excluding hydrogens is 326 g/mol. The van der Waals surface area contributed by atoms with Gasteiger partial charge in [-0.2, -0.15) is 0 Å². The minimum absolute atomic E-state index is 0.112. The summed E-state index contributed by atoms with van der Waals surface area (Å²) >= 11 is 2.76. The van der Waals surface area contributed by atoms with Crippen molar-refractivity contribution in [2.45, 2.75) is 18.2 Å². The summed E-state index contributed by atoms with van der Waals surface area (Å²) in [5.41, 5.74) is 0.0888. The van der Waals surface area contributed by atoms with Crippen LogP contribution in [0.3, 0.4) is 0 Å². The van der Waals surface area contributed by atoms with Gasteiger partial charge in [0.25, 0.3) is 5.69 Å². The Morgan fingerprint density at radius 3 is 2.77 bits per heavy atom. The van der Waals surface area contributed by atoms with Gasteiger partial charge in [-0.05, 0) is 30.6 Å². The maximum atomic E-state index is 11.2. The van der Waals surface area contributed by atoms with Crippen LogP contribution < -0.4 is 5.32 Å². The van der Waals surface area contributed by atoms with E-state index in [1.165, 1.54) is 13.2 Å². The molecule has 7 nitrogen and oxygen atoms in total. The lowest BCUT2D eigenvalue weighted by molar-refractivity contribution is -0.384. The van der Waals surface area contributed by atoms with Gasteiger partial charge in [0.1, 0.15) is 5.69 Å². The highest BCUT2D eigenvalue weighted by atomic mass is 32.2. The van der Waals surface area contributed by atoms with Gasteiger partial charge in [0.2, 0.25) is 0 Å². The van der Waals surface area contributed by atoms with Crippen molar-refractivity contribution in [1.82, 2.24) is 5.32 Å². The number of hydrogen-bond donors (Lipinski definition) is 1. The van der Waals surface area contributed by atoms with E-state index in [1.54, 1.807) is 30.2 Å². The van der Waals surface area contributed by atoms with Crippen molar-refractivity contribution < 1.29 is 14.5 Å². The summed E-state index contributed by atoms with van der Waals surface area (Å²) in [4.78, 5) is 26.9. The molecule has 9 heteroatoms. The Morgan fingerprint density at radius 1 is 1.50 bits per heavy atom. The van der Waals surface area contributed by atoms with Crippen molar-refractivity contribution in [1.29, 1.82) is 0 Å². The van der Waals surface area contributed by atoms with Gasteiger partial charge in [0.15, 0.2) is 5.17 Å². The number of ether oxygens (including phenoxy) is 1. The molecule has 0 aliphatic rings. The fraction of sp³-hybridized carbons (Fsp3) is 0.385. The summed E-state index contributed by atoms with van der Waals surface area (Å²) < 4.78 is 4.49. The number of methoxy groups -OCH3 is 1. The number of rotatable bonds is 5. The summed E-state index contributed by atoms with van der Waals surface area (Å²) in [6.45, 7) is 2.06. The number of alkyl carbamates (subject to hydrolysis) is 1. The molecule has 1 aromatic rings. The van der Waals surface area contributed by atoms with E-state index in [-0.39, 0.29) is 16.5 Å². The third kappa shape index (κ3) is 5.57. The molecule has 1 amide bonds. The minimum atomic E-state index is -0.674. The van der Waals surface area contributed by atoms with E-state index < -0.39 is 11.0 Å². The van der Waals surface area contributed by atoms with E-state index >= 15 is 0 Å². The SMILES string of the molecule is CCCSc1ccc([N+](=O)[O-])c(N=C(NC(=O)OC)SC)c1. The van der Waals surface area contributed by atoms with Crippen LogP contribution in [0.1, 0.15) is 13.3 Å². The van der Waals surface area contributed by atoms with Crippen LogP contribution in [-0.4, -0.2) is 35.3 Å². The molecule has 1 aromatic carbocycles. The standard InChI is InChI=1S/C13H17N3O4S2/c1-4-7-22-9-5-6-11(16(18)19)10(8-9)14-12(21-3)15-13(17)20-2/h5-6,8H,4,7H2,1-3H3,(H,14,15,17). The molecule has 0 fully saturated rings.